The molecule has 3 aromatic carbocycles. The third-order valence-electron chi connectivity index (χ3n) is 6.00. The molecule has 0 bridgehead atoms. The minimum atomic E-state index is -0.270. The Labute approximate surface area is 178 Å². The zero-order valence-corrected chi connectivity index (χ0v) is 16.7. The van der Waals surface area contributed by atoms with Crippen LogP contribution >= 0.6 is 0 Å². The van der Waals surface area contributed by atoms with Crippen molar-refractivity contribution in [2.75, 3.05) is 7.05 Å². The molecule has 5 aromatic rings. The van der Waals surface area contributed by atoms with Crippen molar-refractivity contribution in [2.24, 2.45) is 0 Å². The second-order valence-corrected chi connectivity index (χ2v) is 7.70. The lowest BCUT2D eigenvalue weighted by molar-refractivity contribution is 0.0693. The van der Waals surface area contributed by atoms with E-state index in [-0.39, 0.29) is 11.8 Å². The number of aromatic nitrogens is 2. The zero-order chi connectivity index (χ0) is 21.1. The number of pyridine rings is 1. The Bertz CT molecular complexity index is 1530. The second-order valence-electron chi connectivity index (χ2n) is 7.70. The first kappa shape index (κ1) is 17.6. The highest BCUT2D eigenvalue weighted by molar-refractivity contribution is 6.23. The van der Waals surface area contributed by atoms with Crippen LogP contribution in [-0.4, -0.2) is 33.3 Å². The molecule has 1 aliphatic rings. The van der Waals surface area contributed by atoms with Gasteiger partial charge in [-0.25, -0.2) is 0 Å². The SMILES string of the molecule is CN1C(=O)c2cccc(-n3c4ccccc4c4cc(-c5cccnc5)ccc43)c2C1=O. The number of amides is 2. The maximum Gasteiger partial charge on any atom is 0.263 e. The van der Waals surface area contributed by atoms with Gasteiger partial charge in [0.15, 0.2) is 0 Å². The summed E-state index contributed by atoms with van der Waals surface area (Å²) in [6.45, 7) is 0. The average molecular weight is 403 g/mol. The Morgan fingerprint density at radius 2 is 1.58 bits per heavy atom. The molecule has 0 spiro atoms. The second kappa shape index (κ2) is 6.37. The minimum absolute atomic E-state index is 0.263. The molecule has 148 valence electrons. The largest absolute Gasteiger partial charge is 0.308 e. The Hall–Kier alpha value is -4.25. The van der Waals surface area contributed by atoms with Crippen molar-refractivity contribution >= 4 is 33.6 Å². The van der Waals surface area contributed by atoms with Gasteiger partial charge in [-0.05, 0) is 42.0 Å². The monoisotopic (exact) mass is 403 g/mol. The van der Waals surface area contributed by atoms with Gasteiger partial charge in [0.1, 0.15) is 0 Å². The van der Waals surface area contributed by atoms with Crippen LogP contribution in [0.1, 0.15) is 20.7 Å². The standard InChI is InChI=1S/C26H17N3O2/c1-28-25(30)19-8-4-10-23(24(19)26(28)31)29-21-9-3-2-7-18(21)20-14-16(11-12-22(20)29)17-6-5-13-27-15-17/h2-15H,1H3. The minimum Gasteiger partial charge on any atom is -0.308 e. The number of carbonyl (C=O) groups excluding carboxylic acids is 2. The molecule has 3 heterocycles. The van der Waals surface area contributed by atoms with Crippen molar-refractivity contribution in [2.45, 2.75) is 0 Å². The molecule has 2 aromatic heterocycles. The first-order valence-corrected chi connectivity index (χ1v) is 10.0. The van der Waals surface area contributed by atoms with Gasteiger partial charge < -0.3 is 4.57 Å². The highest BCUT2D eigenvalue weighted by Gasteiger charge is 2.35. The summed E-state index contributed by atoms with van der Waals surface area (Å²) < 4.78 is 2.08. The molecule has 0 unspecified atom stereocenters. The summed E-state index contributed by atoms with van der Waals surface area (Å²) in [5.74, 6) is -0.532. The van der Waals surface area contributed by atoms with Crippen LogP contribution in [0.4, 0.5) is 0 Å². The van der Waals surface area contributed by atoms with E-state index in [1.54, 1.807) is 12.3 Å². The molecule has 31 heavy (non-hydrogen) atoms. The molecule has 2 amide bonds. The van der Waals surface area contributed by atoms with Gasteiger partial charge in [-0.3, -0.25) is 19.5 Å². The maximum absolute atomic E-state index is 12.9. The number of rotatable bonds is 2. The van der Waals surface area contributed by atoms with Gasteiger partial charge in [0, 0.05) is 35.8 Å². The maximum atomic E-state index is 12.9. The van der Waals surface area contributed by atoms with Crippen LogP contribution in [0, 0.1) is 0 Å². The average Bonchev–Trinajstić information content (AvgIpc) is 3.27. The van der Waals surface area contributed by atoms with E-state index in [4.69, 9.17) is 0 Å². The third kappa shape index (κ3) is 2.40. The molecule has 6 rings (SSSR count). The van der Waals surface area contributed by atoms with Crippen molar-refractivity contribution in [3.63, 3.8) is 0 Å². The number of hydrogen-bond donors (Lipinski definition) is 0. The topological polar surface area (TPSA) is 55.2 Å². The van der Waals surface area contributed by atoms with Crippen LogP contribution in [0.2, 0.25) is 0 Å². The Balaban J connectivity index is 1.69. The van der Waals surface area contributed by atoms with Gasteiger partial charge in [-0.1, -0.05) is 36.4 Å². The summed E-state index contributed by atoms with van der Waals surface area (Å²) in [7, 11) is 1.53. The van der Waals surface area contributed by atoms with E-state index in [1.807, 2.05) is 48.7 Å². The van der Waals surface area contributed by atoms with Crippen molar-refractivity contribution in [1.82, 2.24) is 14.5 Å². The summed E-state index contributed by atoms with van der Waals surface area (Å²) in [6, 6.07) is 23.9. The van der Waals surface area contributed by atoms with Gasteiger partial charge in [0.2, 0.25) is 0 Å². The van der Waals surface area contributed by atoms with Gasteiger partial charge in [-0.2, -0.15) is 0 Å². The van der Waals surface area contributed by atoms with E-state index < -0.39 is 0 Å². The highest BCUT2D eigenvalue weighted by atomic mass is 16.2. The lowest BCUT2D eigenvalue weighted by atomic mass is 10.0. The first-order chi connectivity index (χ1) is 15.1. The lowest BCUT2D eigenvalue weighted by Crippen LogP contribution is -2.24. The summed E-state index contributed by atoms with van der Waals surface area (Å²) >= 11 is 0. The smallest absolute Gasteiger partial charge is 0.263 e. The van der Waals surface area contributed by atoms with E-state index >= 15 is 0 Å². The van der Waals surface area contributed by atoms with Crippen LogP contribution in [-0.2, 0) is 0 Å². The fourth-order valence-corrected chi connectivity index (χ4v) is 4.52. The third-order valence-corrected chi connectivity index (χ3v) is 6.00. The molecule has 5 heteroatoms. The summed E-state index contributed by atoms with van der Waals surface area (Å²) in [5, 5.41) is 2.17. The van der Waals surface area contributed by atoms with E-state index in [2.05, 4.69) is 33.8 Å². The molecule has 1 aliphatic heterocycles. The Morgan fingerprint density at radius 1 is 0.742 bits per heavy atom. The van der Waals surface area contributed by atoms with Crippen LogP contribution in [0.15, 0.2) is 85.2 Å². The number of imide groups is 1. The fourth-order valence-electron chi connectivity index (χ4n) is 4.52. The van der Waals surface area contributed by atoms with Gasteiger partial charge >= 0.3 is 0 Å². The molecular weight excluding hydrogens is 386 g/mol. The quantitative estimate of drug-likeness (QED) is 0.387. The van der Waals surface area contributed by atoms with Crippen molar-refractivity contribution in [3.05, 3.63) is 96.3 Å². The zero-order valence-electron chi connectivity index (χ0n) is 16.7. The van der Waals surface area contributed by atoms with Crippen molar-refractivity contribution < 1.29 is 9.59 Å². The Morgan fingerprint density at radius 3 is 2.42 bits per heavy atom. The summed E-state index contributed by atoms with van der Waals surface area (Å²) in [4.78, 5) is 30.9. The van der Waals surface area contributed by atoms with Crippen molar-refractivity contribution in [1.29, 1.82) is 0 Å². The number of carbonyl (C=O) groups is 2. The van der Waals surface area contributed by atoms with Crippen LogP contribution in [0.5, 0.6) is 0 Å². The molecule has 0 radical (unpaired) electrons. The van der Waals surface area contributed by atoms with Gasteiger partial charge in [0.25, 0.3) is 11.8 Å². The van der Waals surface area contributed by atoms with E-state index in [9.17, 15) is 9.59 Å². The highest BCUT2D eigenvalue weighted by Crippen LogP contribution is 2.37. The number of fused-ring (bicyclic) bond motifs is 4. The Kier molecular flexibility index (Phi) is 3.62. The molecule has 0 saturated heterocycles. The van der Waals surface area contributed by atoms with E-state index in [0.29, 0.717) is 11.1 Å². The molecule has 0 fully saturated rings. The first-order valence-electron chi connectivity index (χ1n) is 10.0. The molecule has 0 saturated carbocycles. The predicted octanol–water partition coefficient (Wildman–Crippen LogP) is 5.07. The summed E-state index contributed by atoms with van der Waals surface area (Å²) in [6.07, 6.45) is 3.61. The van der Waals surface area contributed by atoms with Gasteiger partial charge in [-0.15, -0.1) is 0 Å². The van der Waals surface area contributed by atoms with Crippen LogP contribution < -0.4 is 0 Å². The number of benzene rings is 3. The molecular formula is C26H17N3O2. The fraction of sp³-hybridized carbons (Fsp3) is 0.0385. The summed E-state index contributed by atoms with van der Waals surface area (Å²) in [5.41, 5.74) is 5.72. The van der Waals surface area contributed by atoms with E-state index in [0.717, 1.165) is 38.6 Å². The number of nitrogens with zero attached hydrogens (tertiary/aromatic N) is 3. The van der Waals surface area contributed by atoms with Crippen LogP contribution in [0.25, 0.3) is 38.6 Å². The molecule has 0 atom stereocenters. The molecule has 0 N–H and O–H groups in total. The predicted molar refractivity (Wildman–Crippen MR) is 120 cm³/mol. The van der Waals surface area contributed by atoms with E-state index in [1.165, 1.54) is 11.9 Å². The van der Waals surface area contributed by atoms with Gasteiger partial charge in [0.05, 0.1) is 27.8 Å². The number of para-hydroxylation sites is 1. The lowest BCUT2D eigenvalue weighted by Gasteiger charge is -2.12. The normalized spacial score (nSPS) is 13.4. The van der Waals surface area contributed by atoms with Crippen molar-refractivity contribution in [3.8, 4) is 16.8 Å². The number of hydrogen-bond acceptors (Lipinski definition) is 3. The molecule has 5 nitrogen and oxygen atoms in total. The van der Waals surface area contributed by atoms with Crippen LogP contribution in [0.3, 0.4) is 0 Å². The molecule has 0 aliphatic carbocycles.